The molecule has 1 unspecified atom stereocenters. The number of nitro groups is 1. The van der Waals surface area contributed by atoms with Gasteiger partial charge in [-0.25, -0.2) is 9.18 Å². The fraction of sp³-hybridized carbons (Fsp3) is 0.462. The molecule has 1 aromatic carbocycles. The van der Waals surface area contributed by atoms with E-state index in [0.29, 0.717) is 6.54 Å². The van der Waals surface area contributed by atoms with Crippen molar-refractivity contribution in [2.24, 2.45) is 0 Å². The van der Waals surface area contributed by atoms with Crippen LogP contribution in [0, 0.1) is 15.9 Å². The van der Waals surface area contributed by atoms with Crippen molar-refractivity contribution in [1.29, 1.82) is 0 Å². The lowest BCUT2D eigenvalue weighted by atomic mass is 10.1. The number of methoxy groups -OCH3 is 1. The quantitative estimate of drug-likeness (QED) is 0.484. The number of halogens is 1. The first kappa shape index (κ1) is 14.2. The summed E-state index contributed by atoms with van der Waals surface area (Å²) in [5.41, 5.74) is -0.349. The van der Waals surface area contributed by atoms with Gasteiger partial charge in [0, 0.05) is 12.6 Å². The minimum Gasteiger partial charge on any atom is -0.465 e. The van der Waals surface area contributed by atoms with E-state index in [9.17, 15) is 19.3 Å². The summed E-state index contributed by atoms with van der Waals surface area (Å²) in [4.78, 5) is 23.8. The van der Waals surface area contributed by atoms with Crippen molar-refractivity contribution in [3.8, 4) is 0 Å². The summed E-state index contributed by atoms with van der Waals surface area (Å²) in [6, 6.07) is 2.11. The molecule has 0 bridgehead atoms. The summed E-state index contributed by atoms with van der Waals surface area (Å²) >= 11 is 0. The van der Waals surface area contributed by atoms with E-state index in [1.54, 1.807) is 0 Å². The Labute approximate surface area is 115 Å². The lowest BCUT2D eigenvalue weighted by molar-refractivity contribution is -0.384. The largest absolute Gasteiger partial charge is 0.465 e. The highest BCUT2D eigenvalue weighted by molar-refractivity contribution is 5.92. The average Bonchev–Trinajstić information content (AvgIpc) is 2.83. The normalized spacial score (nSPS) is 18.1. The minimum atomic E-state index is -0.945. The maximum Gasteiger partial charge on any atom is 0.340 e. The molecule has 0 aliphatic carbocycles. The standard InChI is InChI=1S/C13H15FN2O4/c1-8-4-3-5-15(8)11-6-9(13(17)20-2)10(14)7-12(11)16(18)19/h6-8H,3-5H2,1-2H3. The summed E-state index contributed by atoms with van der Waals surface area (Å²) < 4.78 is 18.3. The van der Waals surface area contributed by atoms with Crippen LogP contribution in [0.15, 0.2) is 12.1 Å². The van der Waals surface area contributed by atoms with Crippen molar-refractivity contribution in [3.63, 3.8) is 0 Å². The van der Waals surface area contributed by atoms with Crippen molar-refractivity contribution in [1.82, 2.24) is 0 Å². The summed E-state index contributed by atoms with van der Waals surface area (Å²) in [6.07, 6.45) is 1.81. The zero-order chi connectivity index (χ0) is 14.9. The lowest BCUT2D eigenvalue weighted by Gasteiger charge is -2.23. The number of anilines is 1. The molecule has 6 nitrogen and oxygen atoms in total. The average molecular weight is 282 g/mol. The number of nitro benzene ring substituents is 1. The van der Waals surface area contributed by atoms with Crippen LogP contribution in [0.5, 0.6) is 0 Å². The van der Waals surface area contributed by atoms with E-state index < -0.39 is 16.7 Å². The molecule has 1 aliphatic rings. The lowest BCUT2D eigenvalue weighted by Crippen LogP contribution is -2.27. The molecule has 2 rings (SSSR count). The Balaban J connectivity index is 2.56. The van der Waals surface area contributed by atoms with Crippen LogP contribution in [-0.2, 0) is 4.74 Å². The molecule has 1 aromatic rings. The second-order valence-corrected chi connectivity index (χ2v) is 4.75. The molecule has 1 fully saturated rings. The van der Waals surface area contributed by atoms with Gasteiger partial charge in [-0.05, 0) is 25.8 Å². The Morgan fingerprint density at radius 2 is 2.25 bits per heavy atom. The van der Waals surface area contributed by atoms with Crippen LogP contribution in [0.25, 0.3) is 0 Å². The number of nitrogens with zero attached hydrogens (tertiary/aromatic N) is 2. The molecule has 0 saturated carbocycles. The van der Waals surface area contributed by atoms with Gasteiger partial charge >= 0.3 is 5.97 Å². The Hall–Kier alpha value is -2.18. The predicted molar refractivity (Wildman–Crippen MR) is 70.4 cm³/mol. The van der Waals surface area contributed by atoms with Gasteiger partial charge in [-0.3, -0.25) is 10.1 Å². The Morgan fingerprint density at radius 1 is 1.55 bits per heavy atom. The van der Waals surface area contributed by atoms with Crippen LogP contribution in [-0.4, -0.2) is 30.6 Å². The van der Waals surface area contributed by atoms with E-state index in [1.807, 2.05) is 11.8 Å². The molecule has 0 spiro atoms. The zero-order valence-electron chi connectivity index (χ0n) is 11.3. The third-order valence-electron chi connectivity index (χ3n) is 3.53. The van der Waals surface area contributed by atoms with Gasteiger partial charge in [0.05, 0.1) is 23.7 Å². The van der Waals surface area contributed by atoms with Crippen molar-refractivity contribution in [2.45, 2.75) is 25.8 Å². The maximum absolute atomic E-state index is 13.8. The van der Waals surface area contributed by atoms with E-state index in [2.05, 4.69) is 4.74 Å². The Morgan fingerprint density at radius 3 is 2.75 bits per heavy atom. The van der Waals surface area contributed by atoms with Gasteiger partial charge in [-0.1, -0.05) is 0 Å². The highest BCUT2D eigenvalue weighted by atomic mass is 19.1. The topological polar surface area (TPSA) is 72.7 Å². The fourth-order valence-electron chi connectivity index (χ4n) is 2.49. The fourth-order valence-corrected chi connectivity index (χ4v) is 2.49. The number of carbonyl (C=O) groups excluding carboxylic acids is 1. The molecule has 1 aliphatic heterocycles. The minimum absolute atomic E-state index is 0.115. The highest BCUT2D eigenvalue weighted by Crippen LogP contribution is 2.35. The van der Waals surface area contributed by atoms with Gasteiger partial charge in [0.1, 0.15) is 11.5 Å². The van der Waals surface area contributed by atoms with E-state index in [-0.39, 0.29) is 23.0 Å². The van der Waals surface area contributed by atoms with Crippen molar-refractivity contribution < 1.29 is 18.8 Å². The van der Waals surface area contributed by atoms with Crippen molar-refractivity contribution >= 4 is 17.3 Å². The molecule has 1 saturated heterocycles. The van der Waals surface area contributed by atoms with Gasteiger partial charge < -0.3 is 9.64 Å². The van der Waals surface area contributed by atoms with Crippen LogP contribution in [0.1, 0.15) is 30.1 Å². The molecule has 7 heteroatoms. The van der Waals surface area contributed by atoms with Gasteiger partial charge in [-0.15, -0.1) is 0 Å². The second-order valence-electron chi connectivity index (χ2n) is 4.75. The summed E-state index contributed by atoms with van der Waals surface area (Å²) in [5, 5.41) is 11.1. The molecule has 1 heterocycles. The van der Waals surface area contributed by atoms with Crippen molar-refractivity contribution in [3.05, 3.63) is 33.6 Å². The Bertz CT molecular complexity index is 562. The first-order chi connectivity index (χ1) is 9.45. The number of benzene rings is 1. The highest BCUT2D eigenvalue weighted by Gasteiger charge is 2.30. The molecular formula is C13H15FN2O4. The first-order valence-electron chi connectivity index (χ1n) is 6.28. The van der Waals surface area contributed by atoms with E-state index >= 15 is 0 Å². The summed E-state index contributed by atoms with van der Waals surface area (Å²) in [6.45, 7) is 2.59. The van der Waals surface area contributed by atoms with E-state index in [0.717, 1.165) is 26.0 Å². The molecule has 0 aromatic heterocycles. The predicted octanol–water partition coefficient (Wildman–Crippen LogP) is 2.51. The molecule has 1 atom stereocenters. The first-order valence-corrected chi connectivity index (χ1v) is 6.28. The number of esters is 1. The summed E-state index contributed by atoms with van der Waals surface area (Å²) in [5.74, 6) is -1.79. The third kappa shape index (κ3) is 2.43. The Kier molecular flexibility index (Phi) is 3.87. The van der Waals surface area contributed by atoms with Crippen LogP contribution in [0.2, 0.25) is 0 Å². The van der Waals surface area contributed by atoms with Crippen LogP contribution in [0.3, 0.4) is 0 Å². The van der Waals surface area contributed by atoms with Crippen LogP contribution in [0.4, 0.5) is 15.8 Å². The zero-order valence-corrected chi connectivity index (χ0v) is 11.3. The van der Waals surface area contributed by atoms with Gasteiger partial charge in [-0.2, -0.15) is 0 Å². The van der Waals surface area contributed by atoms with E-state index in [4.69, 9.17) is 0 Å². The smallest absolute Gasteiger partial charge is 0.340 e. The maximum atomic E-state index is 13.8. The number of carbonyl (C=O) groups is 1. The second kappa shape index (κ2) is 5.44. The van der Waals surface area contributed by atoms with Crippen LogP contribution >= 0.6 is 0 Å². The van der Waals surface area contributed by atoms with Gasteiger partial charge in [0.15, 0.2) is 0 Å². The van der Waals surface area contributed by atoms with Crippen LogP contribution < -0.4 is 4.90 Å². The number of ether oxygens (including phenoxy) is 1. The molecule has 108 valence electrons. The van der Waals surface area contributed by atoms with Gasteiger partial charge in [0.25, 0.3) is 5.69 Å². The van der Waals surface area contributed by atoms with Crippen molar-refractivity contribution in [2.75, 3.05) is 18.6 Å². The molecular weight excluding hydrogens is 267 g/mol. The monoisotopic (exact) mass is 282 g/mol. The van der Waals surface area contributed by atoms with Gasteiger partial charge in [0.2, 0.25) is 0 Å². The molecule has 0 amide bonds. The third-order valence-corrected chi connectivity index (χ3v) is 3.53. The number of hydrogen-bond donors (Lipinski definition) is 0. The number of hydrogen-bond acceptors (Lipinski definition) is 5. The molecule has 20 heavy (non-hydrogen) atoms. The number of rotatable bonds is 3. The summed E-state index contributed by atoms with van der Waals surface area (Å²) in [7, 11) is 1.14. The molecule has 0 radical (unpaired) electrons. The van der Waals surface area contributed by atoms with E-state index in [1.165, 1.54) is 6.07 Å². The molecule has 0 N–H and O–H groups in total. The SMILES string of the molecule is COC(=O)c1cc(N2CCCC2C)c([N+](=O)[O-])cc1F.